The molecule has 26 heavy (non-hydrogen) atoms. The predicted molar refractivity (Wildman–Crippen MR) is 64.0 cm³/mol. The third-order valence-electron chi connectivity index (χ3n) is 2.48. The fraction of sp³-hybridized carbons (Fsp3) is 0.417. The number of hydrogen-bond acceptors (Lipinski definition) is 3. The van der Waals surface area contributed by atoms with Crippen LogP contribution >= 0.6 is 0 Å². The SMILES string of the molecule is CC(=O)Nc1ccc(OC(F)(F)F)cc1OC(F)(C(F)(F)F)C(F)(F)F. The Balaban J connectivity index is 3.45. The van der Waals surface area contributed by atoms with Gasteiger partial charge < -0.3 is 14.8 Å². The second-order valence-electron chi connectivity index (χ2n) is 4.58. The van der Waals surface area contributed by atoms with Gasteiger partial charge in [-0.05, 0) is 12.1 Å². The van der Waals surface area contributed by atoms with Crippen molar-refractivity contribution in [3.05, 3.63) is 18.2 Å². The maximum Gasteiger partial charge on any atom is 0.573 e. The molecule has 148 valence electrons. The van der Waals surface area contributed by atoms with Gasteiger partial charge in [-0.25, -0.2) is 0 Å². The first kappa shape index (κ1) is 21.6. The molecule has 0 unspecified atom stereocenters. The molecule has 0 aromatic heterocycles. The Morgan fingerprint density at radius 2 is 1.38 bits per heavy atom. The molecule has 0 saturated heterocycles. The van der Waals surface area contributed by atoms with Crippen LogP contribution in [0.3, 0.4) is 0 Å². The van der Waals surface area contributed by atoms with E-state index in [1.807, 2.05) is 0 Å². The highest BCUT2D eigenvalue weighted by Crippen LogP contribution is 2.48. The van der Waals surface area contributed by atoms with E-state index in [9.17, 15) is 48.7 Å². The van der Waals surface area contributed by atoms with Crippen LogP contribution in [0, 0.1) is 0 Å². The molecule has 1 aromatic rings. The molecule has 0 aliphatic rings. The first-order valence-corrected chi connectivity index (χ1v) is 6.15. The molecule has 1 aromatic carbocycles. The number of ether oxygens (including phenoxy) is 2. The molecule has 1 N–H and O–H groups in total. The van der Waals surface area contributed by atoms with Crippen LogP contribution in [-0.4, -0.2) is 30.5 Å². The van der Waals surface area contributed by atoms with E-state index in [-0.39, 0.29) is 6.07 Å². The highest BCUT2D eigenvalue weighted by atomic mass is 19.4. The number of rotatable bonds is 4. The van der Waals surface area contributed by atoms with Gasteiger partial charge in [-0.2, -0.15) is 30.7 Å². The second kappa shape index (κ2) is 6.72. The Bertz CT molecular complexity index is 651. The molecule has 14 heteroatoms. The van der Waals surface area contributed by atoms with E-state index in [2.05, 4.69) is 9.47 Å². The topological polar surface area (TPSA) is 47.6 Å². The molecule has 1 rings (SSSR count). The highest BCUT2D eigenvalue weighted by Gasteiger charge is 2.76. The molecular formula is C12H7F10NO3. The van der Waals surface area contributed by atoms with E-state index in [0.29, 0.717) is 12.1 Å². The fourth-order valence-electron chi connectivity index (χ4n) is 1.51. The van der Waals surface area contributed by atoms with Gasteiger partial charge in [-0.3, -0.25) is 4.79 Å². The number of alkyl halides is 10. The van der Waals surface area contributed by atoms with Crippen LogP contribution < -0.4 is 14.8 Å². The Morgan fingerprint density at radius 3 is 1.77 bits per heavy atom. The van der Waals surface area contributed by atoms with Crippen molar-refractivity contribution < 1.29 is 58.2 Å². The summed E-state index contributed by atoms with van der Waals surface area (Å²) < 4.78 is 132. The minimum absolute atomic E-state index is 0.0927. The third-order valence-corrected chi connectivity index (χ3v) is 2.48. The summed E-state index contributed by atoms with van der Waals surface area (Å²) in [7, 11) is 0. The minimum atomic E-state index is -6.64. The molecular weight excluding hydrogens is 396 g/mol. The lowest BCUT2D eigenvalue weighted by Crippen LogP contribution is -2.57. The number of nitrogens with one attached hydrogen (secondary N) is 1. The van der Waals surface area contributed by atoms with Crippen LogP contribution in [0.4, 0.5) is 49.6 Å². The van der Waals surface area contributed by atoms with Crippen molar-refractivity contribution in [1.29, 1.82) is 0 Å². The van der Waals surface area contributed by atoms with Gasteiger partial charge in [-0.1, -0.05) is 0 Å². The number of carbonyl (C=O) groups excluding carboxylic acids is 1. The van der Waals surface area contributed by atoms with Crippen molar-refractivity contribution in [1.82, 2.24) is 0 Å². The van der Waals surface area contributed by atoms with Crippen molar-refractivity contribution in [3.8, 4) is 11.5 Å². The zero-order chi connectivity index (χ0) is 20.6. The van der Waals surface area contributed by atoms with E-state index < -0.39 is 47.7 Å². The van der Waals surface area contributed by atoms with E-state index >= 15 is 0 Å². The Kier molecular flexibility index (Phi) is 5.59. The van der Waals surface area contributed by atoms with Crippen LogP contribution in [0.2, 0.25) is 0 Å². The van der Waals surface area contributed by atoms with Gasteiger partial charge >= 0.3 is 24.6 Å². The number of benzene rings is 1. The summed E-state index contributed by atoms with van der Waals surface area (Å²) in [6, 6.07) is 0.794. The predicted octanol–water partition coefficient (Wildman–Crippen LogP) is 4.71. The number of carbonyl (C=O) groups is 1. The summed E-state index contributed by atoms with van der Waals surface area (Å²) in [4.78, 5) is 10.9. The number of halogens is 10. The van der Waals surface area contributed by atoms with E-state index in [4.69, 9.17) is 0 Å². The summed E-state index contributed by atoms with van der Waals surface area (Å²) in [5.74, 6) is -10.3. The summed E-state index contributed by atoms with van der Waals surface area (Å²) in [5.41, 5.74) is -0.956. The summed E-state index contributed by atoms with van der Waals surface area (Å²) in [6.45, 7) is 0.778. The zero-order valence-corrected chi connectivity index (χ0v) is 12.2. The second-order valence-corrected chi connectivity index (χ2v) is 4.58. The zero-order valence-electron chi connectivity index (χ0n) is 12.2. The smallest absolute Gasteiger partial charge is 0.441 e. The summed E-state index contributed by atoms with van der Waals surface area (Å²) >= 11 is 0. The molecule has 0 aliphatic carbocycles. The maximum absolute atomic E-state index is 13.6. The van der Waals surface area contributed by atoms with Crippen molar-refractivity contribution in [2.24, 2.45) is 0 Å². The van der Waals surface area contributed by atoms with Crippen LogP contribution in [-0.2, 0) is 4.79 Å². The average molecular weight is 403 g/mol. The normalized spacial score (nSPS) is 13.3. The molecule has 0 heterocycles. The van der Waals surface area contributed by atoms with E-state index in [1.54, 1.807) is 5.32 Å². The maximum atomic E-state index is 13.6. The molecule has 0 fully saturated rings. The molecule has 0 aliphatic heterocycles. The highest BCUT2D eigenvalue weighted by molar-refractivity contribution is 5.90. The Morgan fingerprint density at radius 1 is 0.885 bits per heavy atom. The van der Waals surface area contributed by atoms with Crippen molar-refractivity contribution in [3.63, 3.8) is 0 Å². The van der Waals surface area contributed by atoms with Gasteiger partial charge in [0.25, 0.3) is 0 Å². The number of hydrogen-bond donors (Lipinski definition) is 1. The average Bonchev–Trinajstić information content (AvgIpc) is 2.36. The lowest BCUT2D eigenvalue weighted by atomic mass is 10.2. The first-order chi connectivity index (χ1) is 11.5. The Hall–Kier alpha value is -2.41. The lowest BCUT2D eigenvalue weighted by molar-refractivity contribution is -0.405. The van der Waals surface area contributed by atoms with Crippen LogP contribution in [0.1, 0.15) is 6.92 Å². The van der Waals surface area contributed by atoms with Gasteiger partial charge in [0.05, 0.1) is 5.69 Å². The molecule has 0 radical (unpaired) electrons. The fourth-order valence-corrected chi connectivity index (χ4v) is 1.51. The minimum Gasteiger partial charge on any atom is -0.441 e. The number of amides is 1. The largest absolute Gasteiger partial charge is 0.573 e. The van der Waals surface area contributed by atoms with Gasteiger partial charge in [0.15, 0.2) is 5.75 Å². The molecule has 0 saturated carbocycles. The number of anilines is 1. The standard InChI is InChI=1S/C12H7F10NO3/c1-5(24)23-7-3-2-6(25-12(20,21)22)4-8(7)26-9(13,10(14,15)16)11(17,18)19/h2-4H,1H3,(H,23,24). The third kappa shape index (κ3) is 5.05. The molecule has 0 spiro atoms. The van der Waals surface area contributed by atoms with Crippen LogP contribution in [0.15, 0.2) is 18.2 Å². The first-order valence-electron chi connectivity index (χ1n) is 6.15. The van der Waals surface area contributed by atoms with Crippen molar-refractivity contribution >= 4 is 11.6 Å². The van der Waals surface area contributed by atoms with Crippen LogP contribution in [0.5, 0.6) is 11.5 Å². The molecule has 0 bridgehead atoms. The van der Waals surface area contributed by atoms with E-state index in [1.165, 1.54) is 0 Å². The van der Waals surface area contributed by atoms with Gasteiger partial charge in [0.2, 0.25) is 5.91 Å². The quantitative estimate of drug-likeness (QED) is 0.741. The van der Waals surface area contributed by atoms with Gasteiger partial charge in [-0.15, -0.1) is 13.2 Å². The molecule has 0 atom stereocenters. The van der Waals surface area contributed by atoms with Gasteiger partial charge in [0.1, 0.15) is 5.75 Å². The summed E-state index contributed by atoms with van der Waals surface area (Å²) in [5, 5.41) is 1.69. The Labute approximate surface area is 137 Å². The summed E-state index contributed by atoms with van der Waals surface area (Å²) in [6.07, 6.45) is -18.6. The van der Waals surface area contributed by atoms with E-state index in [0.717, 1.165) is 6.92 Å². The lowest BCUT2D eigenvalue weighted by Gasteiger charge is -2.30. The van der Waals surface area contributed by atoms with Crippen LogP contribution in [0.25, 0.3) is 0 Å². The molecule has 4 nitrogen and oxygen atoms in total. The molecule has 1 amide bonds. The van der Waals surface area contributed by atoms with Gasteiger partial charge in [0, 0.05) is 13.0 Å². The monoisotopic (exact) mass is 403 g/mol. The van der Waals surface area contributed by atoms with Crippen molar-refractivity contribution in [2.45, 2.75) is 31.5 Å². The van der Waals surface area contributed by atoms with Crippen molar-refractivity contribution in [2.75, 3.05) is 5.32 Å².